The second kappa shape index (κ2) is 9.22. The molecule has 1 fully saturated rings. The van der Waals surface area contributed by atoms with Crippen LogP contribution in [-0.4, -0.2) is 49.6 Å². The molecule has 5 rings (SSSR count). The van der Waals surface area contributed by atoms with Gasteiger partial charge in [0.25, 0.3) is 0 Å². The number of ether oxygens (including phenoxy) is 1. The number of fused-ring (bicyclic) bond motifs is 1. The standard InChI is InChI=1S/C24H23FN5O3/c25-19-21(32)17(13-31)33-24(19)30-14-27-20-22(26-12-16-9-5-2-6-10-16)28-18(29-23(20)30)11-15-7-3-1-4-8-15/h1-10,14,17,19,21,24,32H,11-13H2,(H,26,28,29)/t17-,19+,21-,24-/m1/s1. The predicted octanol–water partition coefficient (Wildman–Crippen LogP) is 3.06. The molecule has 1 aliphatic heterocycles. The first kappa shape index (κ1) is 21.4. The van der Waals surface area contributed by atoms with Crippen molar-refractivity contribution in [2.24, 2.45) is 0 Å². The molecule has 4 atom stereocenters. The number of benzene rings is 2. The van der Waals surface area contributed by atoms with Crippen molar-refractivity contribution >= 4 is 17.0 Å². The third kappa shape index (κ3) is 4.30. The van der Waals surface area contributed by atoms with Crippen LogP contribution in [0.1, 0.15) is 23.2 Å². The first-order chi connectivity index (χ1) is 16.1. The van der Waals surface area contributed by atoms with Gasteiger partial charge in [0.15, 0.2) is 29.4 Å². The molecule has 1 radical (unpaired) electrons. The highest BCUT2D eigenvalue weighted by atomic mass is 19.1. The summed E-state index contributed by atoms with van der Waals surface area (Å²) >= 11 is 0. The molecular weight excluding hydrogens is 425 g/mol. The molecule has 9 heteroatoms. The maximum absolute atomic E-state index is 14.8. The van der Waals surface area contributed by atoms with Crippen molar-refractivity contribution in [2.45, 2.75) is 37.6 Å². The molecular formula is C24H23FN5O3. The fourth-order valence-corrected chi connectivity index (χ4v) is 3.98. The van der Waals surface area contributed by atoms with Crippen LogP contribution in [0.3, 0.4) is 0 Å². The molecule has 1 aliphatic rings. The zero-order chi connectivity index (χ0) is 22.8. The molecule has 3 heterocycles. The Morgan fingerprint density at radius 3 is 2.39 bits per heavy atom. The van der Waals surface area contributed by atoms with Crippen molar-refractivity contribution in [2.75, 3.05) is 11.9 Å². The van der Waals surface area contributed by atoms with Crippen molar-refractivity contribution in [3.05, 3.63) is 83.9 Å². The maximum atomic E-state index is 14.8. The van der Waals surface area contributed by atoms with Crippen LogP contribution < -0.4 is 5.32 Å². The first-order valence-electron chi connectivity index (χ1n) is 10.7. The molecule has 0 spiro atoms. The van der Waals surface area contributed by atoms with Crippen LogP contribution in [0.25, 0.3) is 11.2 Å². The van der Waals surface area contributed by atoms with Crippen molar-refractivity contribution < 1.29 is 19.3 Å². The molecule has 0 bridgehead atoms. The van der Waals surface area contributed by atoms with E-state index in [-0.39, 0.29) is 0 Å². The van der Waals surface area contributed by atoms with Crippen molar-refractivity contribution in [1.82, 2.24) is 19.5 Å². The molecule has 33 heavy (non-hydrogen) atoms. The van der Waals surface area contributed by atoms with E-state index >= 15 is 0 Å². The summed E-state index contributed by atoms with van der Waals surface area (Å²) in [6.07, 6.45) is -3.69. The van der Waals surface area contributed by atoms with E-state index in [0.717, 1.165) is 11.1 Å². The lowest BCUT2D eigenvalue weighted by Crippen LogP contribution is -2.30. The van der Waals surface area contributed by atoms with E-state index in [1.807, 2.05) is 60.7 Å². The van der Waals surface area contributed by atoms with Gasteiger partial charge < -0.3 is 15.2 Å². The van der Waals surface area contributed by atoms with Crippen LogP contribution in [0.2, 0.25) is 0 Å². The molecule has 1 saturated heterocycles. The van der Waals surface area contributed by atoms with Crippen molar-refractivity contribution in [3.8, 4) is 0 Å². The van der Waals surface area contributed by atoms with Gasteiger partial charge in [-0.3, -0.25) is 4.57 Å². The second-order valence-corrected chi connectivity index (χ2v) is 7.98. The van der Waals surface area contributed by atoms with Crippen LogP contribution in [0.4, 0.5) is 10.2 Å². The number of halogens is 1. The van der Waals surface area contributed by atoms with E-state index in [1.165, 1.54) is 10.9 Å². The minimum atomic E-state index is -1.77. The van der Waals surface area contributed by atoms with Gasteiger partial charge >= 0.3 is 0 Å². The van der Waals surface area contributed by atoms with Gasteiger partial charge in [-0.25, -0.2) is 24.4 Å². The lowest BCUT2D eigenvalue weighted by molar-refractivity contribution is -0.0593. The lowest BCUT2D eigenvalue weighted by Gasteiger charge is -2.16. The topological polar surface area (TPSA) is 105 Å². The number of nitrogens with zero attached hydrogens (tertiary/aromatic N) is 4. The molecule has 8 nitrogen and oxygen atoms in total. The van der Waals surface area contributed by atoms with Crippen LogP contribution in [0, 0.1) is 0 Å². The predicted molar refractivity (Wildman–Crippen MR) is 119 cm³/mol. The van der Waals surface area contributed by atoms with Gasteiger partial charge in [-0.2, -0.15) is 0 Å². The van der Waals surface area contributed by atoms with Gasteiger partial charge in [-0.05, 0) is 11.1 Å². The van der Waals surface area contributed by atoms with E-state index in [9.17, 15) is 14.6 Å². The van der Waals surface area contributed by atoms with Crippen LogP contribution >= 0.6 is 0 Å². The Balaban J connectivity index is 1.53. The number of anilines is 1. The largest absolute Gasteiger partial charge is 0.387 e. The molecule has 0 amide bonds. The van der Waals surface area contributed by atoms with Crippen LogP contribution in [-0.2, 0) is 22.8 Å². The highest BCUT2D eigenvalue weighted by Crippen LogP contribution is 2.34. The van der Waals surface area contributed by atoms with Crippen LogP contribution in [0.5, 0.6) is 0 Å². The molecule has 2 N–H and O–H groups in total. The van der Waals surface area contributed by atoms with E-state index in [0.29, 0.717) is 35.8 Å². The fourth-order valence-electron chi connectivity index (χ4n) is 3.98. The monoisotopic (exact) mass is 448 g/mol. The molecule has 0 aliphatic carbocycles. The maximum Gasteiger partial charge on any atom is 0.173 e. The summed E-state index contributed by atoms with van der Waals surface area (Å²) in [5.74, 6) is 1.04. The number of alkyl halides is 1. The number of hydrogen-bond acceptors (Lipinski definition) is 6. The lowest BCUT2D eigenvalue weighted by atomic mass is 10.1. The number of hydrogen-bond donors (Lipinski definition) is 2. The molecule has 0 unspecified atom stereocenters. The van der Waals surface area contributed by atoms with Gasteiger partial charge in [0.1, 0.15) is 24.6 Å². The summed E-state index contributed by atoms with van der Waals surface area (Å²) in [5.41, 5.74) is 2.92. The molecule has 0 saturated carbocycles. The van der Waals surface area contributed by atoms with Gasteiger partial charge in [-0.15, -0.1) is 0 Å². The Labute approximate surface area is 189 Å². The minimum Gasteiger partial charge on any atom is -0.387 e. The Bertz CT molecular complexity index is 1220. The number of aromatic nitrogens is 4. The zero-order valence-corrected chi connectivity index (χ0v) is 17.7. The molecule has 2 aromatic carbocycles. The highest BCUT2D eigenvalue weighted by molar-refractivity contribution is 5.83. The fraction of sp³-hybridized carbons (Fsp3) is 0.292. The smallest absolute Gasteiger partial charge is 0.173 e. The Morgan fingerprint density at radius 1 is 1.03 bits per heavy atom. The summed E-state index contributed by atoms with van der Waals surface area (Å²) in [4.78, 5) is 13.7. The van der Waals surface area contributed by atoms with Gasteiger partial charge in [0, 0.05) is 13.0 Å². The molecule has 169 valence electrons. The first-order valence-corrected chi connectivity index (χ1v) is 10.7. The number of aliphatic hydroxyl groups excluding tert-OH is 1. The number of rotatable bonds is 7. The summed E-state index contributed by atoms with van der Waals surface area (Å²) in [5, 5.41) is 24.6. The summed E-state index contributed by atoms with van der Waals surface area (Å²) in [6, 6.07) is 19.6. The number of aliphatic hydroxyl groups is 1. The zero-order valence-electron chi connectivity index (χ0n) is 17.7. The normalized spacial score (nSPS) is 22.6. The second-order valence-electron chi connectivity index (χ2n) is 7.98. The third-order valence-electron chi connectivity index (χ3n) is 5.71. The third-order valence-corrected chi connectivity index (χ3v) is 5.71. The van der Waals surface area contributed by atoms with Gasteiger partial charge in [0.05, 0.1) is 6.33 Å². The van der Waals surface area contributed by atoms with E-state index in [2.05, 4.69) is 20.3 Å². The Kier molecular flexibility index (Phi) is 5.99. The summed E-state index contributed by atoms with van der Waals surface area (Å²) in [6.45, 7) is -0.212. The van der Waals surface area contributed by atoms with Crippen LogP contribution in [0.15, 0.2) is 67.0 Å². The van der Waals surface area contributed by atoms with Crippen molar-refractivity contribution in [1.29, 1.82) is 0 Å². The molecule has 4 aromatic rings. The average Bonchev–Trinajstić information content (AvgIpc) is 3.39. The highest BCUT2D eigenvalue weighted by Gasteiger charge is 2.45. The summed E-state index contributed by atoms with van der Waals surface area (Å²) < 4.78 is 21.8. The van der Waals surface area contributed by atoms with E-state index < -0.39 is 31.2 Å². The van der Waals surface area contributed by atoms with Crippen molar-refractivity contribution in [3.63, 3.8) is 0 Å². The quantitative estimate of drug-likeness (QED) is 0.450. The number of imidazole rings is 1. The minimum absolute atomic E-state index is 0.373. The SMILES string of the molecule is [O]C[C@H]1O[C@@H](n2cnc3c(NCc4ccccc4)nc(Cc4ccccc4)nc32)[C@@H](F)[C@@H]1O. The Hall–Kier alpha value is -3.40. The summed E-state index contributed by atoms with van der Waals surface area (Å²) in [7, 11) is 0. The molecule has 2 aromatic heterocycles. The number of nitrogens with one attached hydrogen (secondary N) is 1. The van der Waals surface area contributed by atoms with Gasteiger partial charge in [-0.1, -0.05) is 60.7 Å². The average molecular weight is 448 g/mol. The van der Waals surface area contributed by atoms with Gasteiger partial charge in [0.2, 0.25) is 0 Å². The Morgan fingerprint density at radius 2 is 1.73 bits per heavy atom. The van der Waals surface area contributed by atoms with E-state index in [4.69, 9.17) is 4.74 Å². The van der Waals surface area contributed by atoms with E-state index in [1.54, 1.807) is 0 Å².